The maximum absolute atomic E-state index is 12.8. The molecule has 10 heteroatoms. The third-order valence-electron chi connectivity index (χ3n) is 7.04. The maximum Gasteiger partial charge on any atom is 0.227 e. The number of Topliss-reactive ketones (excluding diaryl/α,β-unsaturated/α-hetero) is 1. The summed E-state index contributed by atoms with van der Waals surface area (Å²) >= 11 is 0. The Bertz CT molecular complexity index is 1330. The summed E-state index contributed by atoms with van der Waals surface area (Å²) < 4.78 is 1.94. The highest BCUT2D eigenvalue weighted by Gasteiger charge is 2.44. The van der Waals surface area contributed by atoms with Crippen molar-refractivity contribution in [1.82, 2.24) is 30.0 Å². The molecule has 0 bridgehead atoms. The van der Waals surface area contributed by atoms with Crippen LogP contribution in [0.4, 0.5) is 11.6 Å². The number of likely N-dealkylation sites (tertiary alicyclic amines) is 1. The molecule has 0 atom stereocenters. The number of amides is 1. The first-order valence-electron chi connectivity index (χ1n) is 12.1. The highest BCUT2D eigenvalue weighted by molar-refractivity contribution is 6.03. The summed E-state index contributed by atoms with van der Waals surface area (Å²) in [4.78, 5) is 35.4. The van der Waals surface area contributed by atoms with Crippen LogP contribution in [0.2, 0.25) is 0 Å². The molecular weight excluding hydrogens is 456 g/mol. The summed E-state index contributed by atoms with van der Waals surface area (Å²) in [7, 11) is 0. The summed E-state index contributed by atoms with van der Waals surface area (Å²) in [5.74, 6) is 0.415. The summed E-state index contributed by atoms with van der Waals surface area (Å²) in [6.45, 7) is 5.81. The SMILES string of the molecule is CC(=O)N1CCC(n2cc(Nc3ncc(C)c(-c4ccc(C(=O)C5(C#N)CNC5)cc4)n3)cn2)CC1. The van der Waals surface area contributed by atoms with Gasteiger partial charge in [0.25, 0.3) is 0 Å². The quantitative estimate of drug-likeness (QED) is 0.511. The largest absolute Gasteiger partial charge is 0.343 e. The number of benzene rings is 1. The van der Waals surface area contributed by atoms with Crippen LogP contribution >= 0.6 is 0 Å². The first kappa shape index (κ1) is 23.6. The van der Waals surface area contributed by atoms with Crippen molar-refractivity contribution in [3.8, 4) is 17.3 Å². The normalized spacial score (nSPS) is 17.2. The number of aromatic nitrogens is 4. The van der Waals surface area contributed by atoms with Crippen LogP contribution in [0.5, 0.6) is 0 Å². The number of nitriles is 1. The van der Waals surface area contributed by atoms with E-state index in [0.29, 0.717) is 24.6 Å². The Hall–Kier alpha value is -4.10. The number of anilines is 2. The minimum Gasteiger partial charge on any atom is -0.343 e. The van der Waals surface area contributed by atoms with Crippen molar-refractivity contribution >= 4 is 23.3 Å². The molecule has 0 aliphatic carbocycles. The molecule has 0 saturated carbocycles. The van der Waals surface area contributed by atoms with E-state index >= 15 is 0 Å². The van der Waals surface area contributed by atoms with E-state index in [0.717, 1.165) is 48.4 Å². The molecule has 2 saturated heterocycles. The van der Waals surface area contributed by atoms with Crippen molar-refractivity contribution in [2.24, 2.45) is 5.41 Å². The molecule has 2 aromatic heterocycles. The van der Waals surface area contributed by atoms with Crippen LogP contribution in [-0.4, -0.2) is 62.5 Å². The van der Waals surface area contributed by atoms with Crippen LogP contribution in [0.15, 0.2) is 42.9 Å². The topological polar surface area (TPSA) is 129 Å². The summed E-state index contributed by atoms with van der Waals surface area (Å²) in [5, 5.41) is 20.2. The van der Waals surface area contributed by atoms with E-state index in [1.54, 1.807) is 31.5 Å². The Labute approximate surface area is 209 Å². The molecule has 4 heterocycles. The second kappa shape index (κ2) is 9.51. The lowest BCUT2D eigenvalue weighted by molar-refractivity contribution is -0.130. The number of carbonyl (C=O) groups excluding carboxylic acids is 2. The lowest BCUT2D eigenvalue weighted by Crippen LogP contribution is -2.57. The standard InChI is InChI=1S/C26H28N8O2/c1-17-11-29-25(31-21-12-30-34(13-21)22-7-9-33(10-8-22)18(2)35)32-23(17)19-3-5-20(6-4-19)24(36)26(14-27)15-28-16-26/h3-6,11-13,22,28H,7-10,15-16H2,1-2H3,(H,29,31,32). The predicted octanol–water partition coefficient (Wildman–Crippen LogP) is 2.87. The van der Waals surface area contributed by atoms with E-state index < -0.39 is 5.41 Å². The highest BCUT2D eigenvalue weighted by Crippen LogP contribution is 2.29. The van der Waals surface area contributed by atoms with E-state index in [2.05, 4.69) is 26.8 Å². The lowest BCUT2D eigenvalue weighted by Gasteiger charge is -2.34. The first-order valence-corrected chi connectivity index (χ1v) is 12.1. The van der Waals surface area contributed by atoms with Crippen LogP contribution in [0, 0.1) is 23.7 Å². The molecule has 0 unspecified atom stereocenters. The van der Waals surface area contributed by atoms with Gasteiger partial charge < -0.3 is 15.5 Å². The monoisotopic (exact) mass is 484 g/mol. The van der Waals surface area contributed by atoms with E-state index in [1.807, 2.05) is 34.8 Å². The molecule has 5 rings (SSSR count). The molecule has 184 valence electrons. The van der Waals surface area contributed by atoms with Gasteiger partial charge in [-0.05, 0) is 25.3 Å². The summed E-state index contributed by atoms with van der Waals surface area (Å²) in [5.41, 5.74) is 2.88. The van der Waals surface area contributed by atoms with Gasteiger partial charge in [-0.15, -0.1) is 0 Å². The average molecular weight is 485 g/mol. The number of piperidine rings is 1. The molecule has 2 N–H and O–H groups in total. The minimum atomic E-state index is -0.960. The number of hydrogen-bond donors (Lipinski definition) is 2. The average Bonchev–Trinajstić information content (AvgIpc) is 3.33. The van der Waals surface area contributed by atoms with Crippen LogP contribution in [0.3, 0.4) is 0 Å². The van der Waals surface area contributed by atoms with E-state index in [-0.39, 0.29) is 17.7 Å². The Balaban J connectivity index is 1.29. The Morgan fingerprint density at radius 1 is 1.17 bits per heavy atom. The summed E-state index contributed by atoms with van der Waals surface area (Å²) in [6, 6.07) is 9.64. The lowest BCUT2D eigenvalue weighted by atomic mass is 9.76. The molecule has 2 aliphatic rings. The molecule has 0 spiro atoms. The first-order chi connectivity index (χ1) is 17.4. The van der Waals surface area contributed by atoms with Crippen LogP contribution < -0.4 is 10.6 Å². The second-order valence-corrected chi connectivity index (χ2v) is 9.50. The van der Waals surface area contributed by atoms with Crippen LogP contribution in [0.1, 0.15) is 41.7 Å². The molecular formula is C26H28N8O2. The number of nitrogens with one attached hydrogen (secondary N) is 2. The zero-order valence-corrected chi connectivity index (χ0v) is 20.4. The smallest absolute Gasteiger partial charge is 0.227 e. The molecule has 36 heavy (non-hydrogen) atoms. The Morgan fingerprint density at radius 3 is 2.50 bits per heavy atom. The molecule has 2 aliphatic heterocycles. The number of ketones is 1. The van der Waals surface area contributed by atoms with Crippen molar-refractivity contribution in [2.45, 2.75) is 32.7 Å². The van der Waals surface area contributed by atoms with Gasteiger partial charge in [0.15, 0.2) is 5.78 Å². The third-order valence-corrected chi connectivity index (χ3v) is 7.04. The minimum absolute atomic E-state index is 0.117. The van der Waals surface area contributed by atoms with E-state index in [1.165, 1.54) is 0 Å². The van der Waals surface area contributed by atoms with Gasteiger partial charge in [-0.3, -0.25) is 14.3 Å². The molecule has 1 aromatic carbocycles. The van der Waals surface area contributed by atoms with E-state index in [9.17, 15) is 14.9 Å². The zero-order chi connectivity index (χ0) is 25.3. The number of carbonyl (C=O) groups is 2. The number of rotatable bonds is 6. The van der Waals surface area contributed by atoms with Gasteiger partial charge in [0, 0.05) is 56.6 Å². The van der Waals surface area contributed by atoms with Gasteiger partial charge >= 0.3 is 0 Å². The van der Waals surface area contributed by atoms with Gasteiger partial charge in [0.05, 0.1) is 29.7 Å². The van der Waals surface area contributed by atoms with Crippen molar-refractivity contribution in [2.75, 3.05) is 31.5 Å². The highest BCUT2D eigenvalue weighted by atomic mass is 16.2. The van der Waals surface area contributed by atoms with Gasteiger partial charge in [0.2, 0.25) is 11.9 Å². The second-order valence-electron chi connectivity index (χ2n) is 9.50. The number of nitrogens with zero attached hydrogens (tertiary/aromatic N) is 6. The fourth-order valence-corrected chi connectivity index (χ4v) is 4.69. The molecule has 0 radical (unpaired) electrons. The molecule has 2 fully saturated rings. The van der Waals surface area contributed by atoms with Gasteiger partial charge in [-0.1, -0.05) is 24.3 Å². The Morgan fingerprint density at radius 2 is 1.89 bits per heavy atom. The summed E-state index contributed by atoms with van der Waals surface area (Å²) in [6.07, 6.45) is 7.20. The fraction of sp³-hybridized carbons (Fsp3) is 0.385. The van der Waals surface area contributed by atoms with Crippen molar-refractivity contribution in [1.29, 1.82) is 5.26 Å². The third kappa shape index (κ3) is 4.45. The van der Waals surface area contributed by atoms with Gasteiger partial charge in [0.1, 0.15) is 5.41 Å². The maximum atomic E-state index is 12.8. The zero-order valence-electron chi connectivity index (χ0n) is 20.4. The van der Waals surface area contributed by atoms with Crippen molar-refractivity contribution < 1.29 is 9.59 Å². The van der Waals surface area contributed by atoms with Crippen molar-refractivity contribution in [3.63, 3.8) is 0 Å². The Kier molecular flexibility index (Phi) is 6.24. The van der Waals surface area contributed by atoms with Crippen LogP contribution in [-0.2, 0) is 4.79 Å². The van der Waals surface area contributed by atoms with Gasteiger partial charge in [-0.2, -0.15) is 10.4 Å². The molecule has 10 nitrogen and oxygen atoms in total. The number of aryl methyl sites for hydroxylation is 1. The van der Waals surface area contributed by atoms with Crippen LogP contribution in [0.25, 0.3) is 11.3 Å². The molecule has 3 aromatic rings. The predicted molar refractivity (Wildman–Crippen MR) is 133 cm³/mol. The van der Waals surface area contributed by atoms with E-state index in [4.69, 9.17) is 4.98 Å². The number of hydrogen-bond acceptors (Lipinski definition) is 8. The fourth-order valence-electron chi connectivity index (χ4n) is 4.69. The van der Waals surface area contributed by atoms with Crippen molar-refractivity contribution in [3.05, 3.63) is 54.0 Å². The van der Waals surface area contributed by atoms with Gasteiger partial charge in [-0.25, -0.2) is 9.97 Å². The molecule has 1 amide bonds.